The van der Waals surface area contributed by atoms with Crippen LogP contribution in [0.4, 0.5) is 0 Å². The van der Waals surface area contributed by atoms with Crippen LogP contribution in [0.25, 0.3) is 5.57 Å². The van der Waals surface area contributed by atoms with Gasteiger partial charge in [-0.1, -0.05) is 72.8 Å². The number of rotatable bonds is 0. The molecule has 2 bridgehead atoms. The van der Waals surface area contributed by atoms with E-state index in [0.29, 0.717) is 11.8 Å². The third kappa shape index (κ3) is 1.13. The average Bonchev–Trinajstić information content (AvgIpc) is 2.54. The summed E-state index contributed by atoms with van der Waals surface area (Å²) in [6, 6.07) is 17.8. The van der Waals surface area contributed by atoms with E-state index in [1.54, 1.807) is 0 Å². The van der Waals surface area contributed by atoms with Crippen LogP contribution in [-0.4, -0.2) is 0 Å². The van der Waals surface area contributed by atoms with Crippen molar-refractivity contribution in [3.8, 4) is 0 Å². The Labute approximate surface area is 118 Å². The molecule has 4 aliphatic carbocycles. The molecule has 0 heteroatoms. The molecule has 0 aromatic heterocycles. The summed E-state index contributed by atoms with van der Waals surface area (Å²) in [4.78, 5) is 0. The largest absolute Gasteiger partial charge is 0.0760 e. The lowest BCUT2D eigenvalue weighted by atomic mass is 9.60. The van der Waals surface area contributed by atoms with Gasteiger partial charge in [-0.25, -0.2) is 0 Å². The molecule has 20 heavy (non-hydrogen) atoms. The second-order valence-corrected chi connectivity index (χ2v) is 5.75. The van der Waals surface area contributed by atoms with Crippen molar-refractivity contribution in [3.05, 3.63) is 101 Å². The third-order valence-electron chi connectivity index (χ3n) is 4.84. The van der Waals surface area contributed by atoms with Crippen molar-refractivity contribution in [2.24, 2.45) is 5.92 Å². The molecule has 0 saturated heterocycles. The maximum absolute atomic E-state index is 2.37. The predicted molar refractivity (Wildman–Crippen MR) is 82.5 cm³/mol. The van der Waals surface area contributed by atoms with E-state index in [2.05, 4.69) is 72.8 Å². The van der Waals surface area contributed by atoms with Gasteiger partial charge >= 0.3 is 0 Å². The second-order valence-electron chi connectivity index (χ2n) is 5.75. The average molecular weight is 254 g/mol. The van der Waals surface area contributed by atoms with E-state index in [4.69, 9.17) is 0 Å². The lowest BCUT2D eigenvalue weighted by Crippen LogP contribution is -2.28. The molecule has 0 amide bonds. The van der Waals surface area contributed by atoms with Crippen molar-refractivity contribution in [2.75, 3.05) is 0 Å². The quantitative estimate of drug-likeness (QED) is 0.640. The Bertz CT molecular complexity index is 768. The van der Waals surface area contributed by atoms with Gasteiger partial charge in [0, 0.05) is 11.8 Å². The van der Waals surface area contributed by atoms with Crippen molar-refractivity contribution < 1.29 is 0 Å². The van der Waals surface area contributed by atoms with E-state index in [1.807, 2.05) is 0 Å². The van der Waals surface area contributed by atoms with Gasteiger partial charge in [0.15, 0.2) is 0 Å². The minimum absolute atomic E-state index is 0.482. The van der Waals surface area contributed by atoms with Gasteiger partial charge in [-0.2, -0.15) is 0 Å². The standard InChI is InChI=1S/C20H14/c1-2-8-14-13(7-1)19-15-9-3-5-11-17(15)20(14)18-12-6-4-10-16(18)19/h1-13,19H. The van der Waals surface area contributed by atoms with Crippen molar-refractivity contribution in [1.82, 2.24) is 0 Å². The molecule has 0 spiro atoms. The Morgan fingerprint density at radius 2 is 1.35 bits per heavy atom. The summed E-state index contributed by atoms with van der Waals surface area (Å²) in [6.07, 6.45) is 9.04. The molecule has 0 nitrogen and oxygen atoms in total. The summed E-state index contributed by atoms with van der Waals surface area (Å²) >= 11 is 0. The lowest BCUT2D eigenvalue weighted by Gasteiger charge is -2.42. The van der Waals surface area contributed by atoms with Crippen LogP contribution in [0.5, 0.6) is 0 Å². The van der Waals surface area contributed by atoms with Crippen LogP contribution in [0.1, 0.15) is 28.2 Å². The molecule has 0 saturated carbocycles. The van der Waals surface area contributed by atoms with Crippen LogP contribution in [-0.2, 0) is 0 Å². The Kier molecular flexibility index (Phi) is 1.88. The molecule has 1 atom stereocenters. The molecule has 94 valence electrons. The fourth-order valence-electron chi connectivity index (χ4n) is 4.10. The maximum Gasteiger partial charge on any atom is 0.0205 e. The first-order valence-corrected chi connectivity index (χ1v) is 7.23. The summed E-state index contributed by atoms with van der Waals surface area (Å²) in [5.74, 6) is 0.996. The number of hydrogen-bond donors (Lipinski definition) is 0. The summed E-state index contributed by atoms with van der Waals surface area (Å²) in [5, 5.41) is 0. The summed E-state index contributed by atoms with van der Waals surface area (Å²) < 4.78 is 0. The van der Waals surface area contributed by atoms with E-state index in [0.717, 1.165) is 0 Å². The van der Waals surface area contributed by atoms with Gasteiger partial charge in [-0.3, -0.25) is 0 Å². The third-order valence-corrected chi connectivity index (χ3v) is 4.84. The Balaban J connectivity index is 1.96. The highest BCUT2D eigenvalue weighted by atomic mass is 14.4. The van der Waals surface area contributed by atoms with Crippen molar-refractivity contribution in [1.29, 1.82) is 0 Å². The first-order valence-electron chi connectivity index (χ1n) is 7.23. The number of hydrogen-bond acceptors (Lipinski definition) is 0. The van der Waals surface area contributed by atoms with E-state index in [-0.39, 0.29) is 0 Å². The van der Waals surface area contributed by atoms with E-state index < -0.39 is 0 Å². The zero-order chi connectivity index (χ0) is 13.1. The molecule has 4 aliphatic rings. The first-order chi connectivity index (χ1) is 9.95. The van der Waals surface area contributed by atoms with E-state index in [1.165, 1.54) is 33.4 Å². The van der Waals surface area contributed by atoms with E-state index >= 15 is 0 Å². The molecule has 0 N–H and O–H groups in total. The molecule has 2 aromatic carbocycles. The molecule has 0 aliphatic heterocycles. The lowest BCUT2D eigenvalue weighted by molar-refractivity contribution is 0.633. The highest BCUT2D eigenvalue weighted by Crippen LogP contribution is 2.56. The molecule has 6 rings (SSSR count). The van der Waals surface area contributed by atoms with Crippen LogP contribution < -0.4 is 0 Å². The maximum atomic E-state index is 2.37. The Morgan fingerprint density at radius 3 is 2.05 bits per heavy atom. The molecule has 0 heterocycles. The van der Waals surface area contributed by atoms with Crippen molar-refractivity contribution >= 4 is 5.57 Å². The Hall–Kier alpha value is -2.34. The SMILES string of the molecule is C1=CC2=C3c4ccccc4C(c4ccccc43)C2C=C1. The normalized spacial score (nSPS) is 24.4. The van der Waals surface area contributed by atoms with Crippen molar-refractivity contribution in [2.45, 2.75) is 5.92 Å². The fourth-order valence-corrected chi connectivity index (χ4v) is 4.10. The smallest absolute Gasteiger partial charge is 0.0205 e. The van der Waals surface area contributed by atoms with Crippen LogP contribution in [0, 0.1) is 5.92 Å². The summed E-state index contributed by atoms with van der Waals surface area (Å²) in [7, 11) is 0. The fraction of sp³-hybridized carbons (Fsp3) is 0.100. The van der Waals surface area contributed by atoms with E-state index in [9.17, 15) is 0 Å². The van der Waals surface area contributed by atoms with Crippen LogP contribution in [0.2, 0.25) is 0 Å². The molecule has 0 radical (unpaired) electrons. The zero-order valence-corrected chi connectivity index (χ0v) is 11.1. The van der Waals surface area contributed by atoms with Crippen LogP contribution in [0.15, 0.2) is 78.4 Å². The number of allylic oxidation sites excluding steroid dienone is 5. The minimum Gasteiger partial charge on any atom is -0.0760 e. The predicted octanol–water partition coefficient (Wildman–Crippen LogP) is 4.69. The Morgan fingerprint density at radius 1 is 0.700 bits per heavy atom. The van der Waals surface area contributed by atoms with Gasteiger partial charge in [0.25, 0.3) is 0 Å². The van der Waals surface area contributed by atoms with Crippen molar-refractivity contribution in [3.63, 3.8) is 0 Å². The molecule has 0 fully saturated rings. The summed E-state index contributed by atoms with van der Waals surface area (Å²) in [5.41, 5.74) is 8.80. The molecule has 2 aromatic rings. The van der Waals surface area contributed by atoms with Gasteiger partial charge < -0.3 is 0 Å². The zero-order valence-electron chi connectivity index (χ0n) is 11.1. The van der Waals surface area contributed by atoms with Gasteiger partial charge in [0.1, 0.15) is 0 Å². The highest BCUT2D eigenvalue weighted by Gasteiger charge is 2.40. The van der Waals surface area contributed by atoms with Gasteiger partial charge in [0.2, 0.25) is 0 Å². The minimum atomic E-state index is 0.482. The second kappa shape index (κ2) is 3.61. The molecular weight excluding hydrogens is 240 g/mol. The molecular formula is C20H14. The van der Waals surface area contributed by atoms with Gasteiger partial charge in [-0.15, -0.1) is 0 Å². The van der Waals surface area contributed by atoms with Crippen LogP contribution >= 0.6 is 0 Å². The van der Waals surface area contributed by atoms with Gasteiger partial charge in [0.05, 0.1) is 0 Å². The van der Waals surface area contributed by atoms with Crippen LogP contribution in [0.3, 0.4) is 0 Å². The first kappa shape index (κ1) is 10.4. The topological polar surface area (TPSA) is 0 Å². The van der Waals surface area contributed by atoms with Gasteiger partial charge in [-0.05, 0) is 33.4 Å². The highest BCUT2D eigenvalue weighted by molar-refractivity contribution is 5.93. The monoisotopic (exact) mass is 254 g/mol. The molecule has 1 unspecified atom stereocenters. The summed E-state index contributed by atoms with van der Waals surface area (Å²) in [6.45, 7) is 0. The number of benzene rings is 2.